The number of rotatable bonds is 7. The molecule has 0 unspecified atom stereocenters. The number of halogens is 1. The Morgan fingerprint density at radius 1 is 0.477 bits per heavy atom. The van der Waals surface area contributed by atoms with E-state index < -0.39 is 0 Å². The maximum absolute atomic E-state index is 12.8. The van der Waals surface area contributed by atoms with Crippen LogP contribution in [-0.4, -0.2) is 34.9 Å². The third-order valence-electron chi connectivity index (χ3n) is 9.28. The average Bonchev–Trinajstić information content (AvgIpc) is 4.06. The van der Waals surface area contributed by atoms with Crippen molar-refractivity contribution in [1.29, 1.82) is 0 Å². The molecule has 10 nitrogen and oxygen atoms in total. The largest absolute Gasteiger partial charge is 0.449 e. The molecule has 7 heterocycles. The van der Waals surface area contributed by atoms with E-state index in [4.69, 9.17) is 13.3 Å². The molecule has 11 heteroatoms. The number of nitrogens with zero attached hydrogens (tertiary/aromatic N) is 7. The van der Waals surface area contributed by atoms with E-state index in [0.717, 1.165) is 46.0 Å². The van der Waals surface area contributed by atoms with Gasteiger partial charge < -0.3 is 13.3 Å². The molecule has 354 valence electrons. The van der Waals surface area contributed by atoms with Crippen molar-refractivity contribution in [2.75, 3.05) is 0 Å². The topological polar surface area (TPSA) is 130 Å². The minimum absolute atomic E-state index is 0.168. The summed E-state index contributed by atoms with van der Waals surface area (Å²) in [6.07, 6.45) is 13.7. The molecular formula is C54H78FN7O3. The lowest BCUT2D eigenvalue weighted by molar-refractivity contribution is 0.471. The van der Waals surface area contributed by atoms with Crippen LogP contribution in [0.4, 0.5) is 4.39 Å². The van der Waals surface area contributed by atoms with E-state index in [-0.39, 0.29) is 11.7 Å². The van der Waals surface area contributed by atoms with Crippen LogP contribution in [-0.2, 0) is 0 Å². The third-order valence-corrected chi connectivity index (χ3v) is 9.28. The highest BCUT2D eigenvalue weighted by Gasteiger charge is 2.07. The van der Waals surface area contributed by atoms with Gasteiger partial charge in [-0.1, -0.05) is 109 Å². The molecule has 0 saturated carbocycles. The fourth-order valence-corrected chi connectivity index (χ4v) is 5.32. The predicted molar refractivity (Wildman–Crippen MR) is 264 cm³/mol. The lowest BCUT2D eigenvalue weighted by Crippen LogP contribution is -1.95. The first-order chi connectivity index (χ1) is 30.6. The van der Waals surface area contributed by atoms with Crippen LogP contribution in [0.2, 0.25) is 0 Å². The minimum atomic E-state index is -0.211. The third kappa shape index (κ3) is 24.1. The summed E-state index contributed by atoms with van der Waals surface area (Å²) in [6, 6.07) is 17.4. The Bertz CT molecular complexity index is 2230. The van der Waals surface area contributed by atoms with Crippen molar-refractivity contribution in [3.8, 4) is 0 Å². The van der Waals surface area contributed by atoms with Crippen LogP contribution in [0.3, 0.4) is 0 Å². The van der Waals surface area contributed by atoms with Gasteiger partial charge in [0.1, 0.15) is 24.1 Å². The van der Waals surface area contributed by atoms with Gasteiger partial charge in [0.05, 0.1) is 23.3 Å². The van der Waals surface area contributed by atoms with Gasteiger partial charge in [0.25, 0.3) is 0 Å². The van der Waals surface area contributed by atoms with Crippen molar-refractivity contribution >= 4 is 0 Å². The van der Waals surface area contributed by atoms with E-state index in [2.05, 4.69) is 128 Å². The molecule has 0 fully saturated rings. The van der Waals surface area contributed by atoms with Gasteiger partial charge in [0.2, 0.25) is 0 Å². The molecule has 7 aromatic rings. The van der Waals surface area contributed by atoms with Crippen LogP contribution >= 0.6 is 0 Å². The molecule has 0 saturated heterocycles. The van der Waals surface area contributed by atoms with Gasteiger partial charge in [-0.15, -0.1) is 0 Å². The molecule has 7 rings (SSSR count). The van der Waals surface area contributed by atoms with Gasteiger partial charge in [0.15, 0.2) is 18.2 Å². The molecule has 0 aliphatic carbocycles. The van der Waals surface area contributed by atoms with Gasteiger partial charge in [-0.3, -0.25) is 19.9 Å². The molecule has 0 aromatic carbocycles. The summed E-state index contributed by atoms with van der Waals surface area (Å²) >= 11 is 0. The number of hydrogen-bond donors (Lipinski definition) is 0. The van der Waals surface area contributed by atoms with E-state index in [1.807, 2.05) is 92.2 Å². The van der Waals surface area contributed by atoms with Crippen LogP contribution < -0.4 is 0 Å². The smallest absolute Gasteiger partial charge is 0.196 e. The second-order valence-electron chi connectivity index (χ2n) is 17.6. The molecule has 0 amide bonds. The first-order valence-electron chi connectivity index (χ1n) is 22.7. The summed E-state index contributed by atoms with van der Waals surface area (Å²) in [5, 5.41) is 0. The molecule has 65 heavy (non-hydrogen) atoms. The zero-order chi connectivity index (χ0) is 49.1. The van der Waals surface area contributed by atoms with E-state index in [1.54, 1.807) is 31.0 Å². The van der Waals surface area contributed by atoms with Crippen LogP contribution in [0.1, 0.15) is 201 Å². The standard InChI is InChI=1S/2C9H13N.C8H10FN.C8H11N.2C7H11NO.C6H9NO/c1-7(2)9-4-5-10-8(3)6-9;1-7(2)9-5-4-8(3)10-6-9;1-6(2)8-7(9)4-3-5-10-8;1-7(2)8-5-3-4-6-9-8;1-5(2)7-6(3)8-4-9-7;1-5(2)7-4-9-6(3)8-7;1-5(2)6-7-3-4-8-6/h2*4-7H,1-3H3;3-6H,1-2H3;3-7H,1-2H3;2*4-5H,1-3H3;3-5H,1-2H3. The lowest BCUT2D eigenvalue weighted by atomic mass is 10.0. The maximum Gasteiger partial charge on any atom is 0.196 e. The monoisotopic (exact) mass is 892 g/mol. The Kier molecular flexibility index (Phi) is 27.4. The number of aromatic nitrogens is 7. The van der Waals surface area contributed by atoms with E-state index in [0.29, 0.717) is 41.2 Å². The lowest BCUT2D eigenvalue weighted by Gasteiger charge is -2.03. The summed E-state index contributed by atoms with van der Waals surface area (Å²) in [5.41, 5.74) is 8.62. The van der Waals surface area contributed by atoms with Gasteiger partial charge in [-0.25, -0.2) is 19.3 Å². The number of pyridine rings is 4. The molecule has 0 radical (unpaired) electrons. The average molecular weight is 892 g/mol. The SMILES string of the molecule is CC(C)c1ccccn1.CC(C)c1ncccc1F.CC(C)c1ncco1.Cc1cc(C(C)C)ccn1.Cc1ccc(C(C)C)cn1.Cc1nc(C(C)C)co1.Cc1ncoc1C(C)C. The van der Waals surface area contributed by atoms with Crippen LogP contribution in [0, 0.1) is 33.5 Å². The first-order valence-corrected chi connectivity index (χ1v) is 22.7. The Balaban J connectivity index is 0.000000380. The summed E-state index contributed by atoms with van der Waals surface area (Å²) in [6.45, 7) is 37.2. The molecule has 0 spiro atoms. The molecule has 0 aliphatic rings. The van der Waals surface area contributed by atoms with Crippen LogP contribution in [0.15, 0.2) is 118 Å². The van der Waals surface area contributed by atoms with Crippen molar-refractivity contribution in [2.45, 2.75) is 166 Å². The fraction of sp³-hybridized carbons (Fsp3) is 0.463. The first kappa shape index (κ1) is 57.2. The van der Waals surface area contributed by atoms with Gasteiger partial charge in [-0.05, 0) is 104 Å². The zero-order valence-corrected chi connectivity index (χ0v) is 42.6. The fourth-order valence-electron chi connectivity index (χ4n) is 5.32. The van der Waals surface area contributed by atoms with Crippen molar-refractivity contribution in [1.82, 2.24) is 34.9 Å². The van der Waals surface area contributed by atoms with Gasteiger partial charge >= 0.3 is 0 Å². The summed E-state index contributed by atoms with van der Waals surface area (Å²) < 4.78 is 27.9. The molecule has 7 aromatic heterocycles. The second-order valence-corrected chi connectivity index (χ2v) is 17.6. The quantitative estimate of drug-likeness (QED) is 0.152. The highest BCUT2D eigenvalue weighted by molar-refractivity contribution is 5.18. The summed E-state index contributed by atoms with van der Waals surface area (Å²) in [7, 11) is 0. The van der Waals surface area contributed by atoms with Crippen molar-refractivity contribution in [2.24, 2.45) is 0 Å². The van der Waals surface area contributed by atoms with Gasteiger partial charge in [-0.2, -0.15) is 0 Å². The molecule has 0 aliphatic heterocycles. The zero-order valence-electron chi connectivity index (χ0n) is 42.6. The van der Waals surface area contributed by atoms with Crippen LogP contribution in [0.5, 0.6) is 0 Å². The minimum Gasteiger partial charge on any atom is -0.449 e. The number of hydrogen-bond acceptors (Lipinski definition) is 10. The summed E-state index contributed by atoms with van der Waals surface area (Å²) in [5.74, 6) is 5.60. The predicted octanol–water partition coefficient (Wildman–Crippen LogP) is 15.6. The van der Waals surface area contributed by atoms with Crippen molar-refractivity contribution in [3.63, 3.8) is 0 Å². The van der Waals surface area contributed by atoms with E-state index in [1.165, 1.54) is 23.6 Å². The van der Waals surface area contributed by atoms with Gasteiger partial charge in [0, 0.05) is 60.6 Å². The Labute approximate surface area is 390 Å². The molecule has 0 N–H and O–H groups in total. The Hall–Kier alpha value is -5.84. The highest BCUT2D eigenvalue weighted by Crippen LogP contribution is 2.17. The number of oxazole rings is 3. The van der Waals surface area contributed by atoms with Crippen LogP contribution in [0.25, 0.3) is 0 Å². The van der Waals surface area contributed by atoms with E-state index in [9.17, 15) is 4.39 Å². The van der Waals surface area contributed by atoms with Crippen molar-refractivity contribution < 1.29 is 17.6 Å². The number of aryl methyl sites for hydroxylation is 4. The molecular weight excluding hydrogens is 814 g/mol. The van der Waals surface area contributed by atoms with E-state index >= 15 is 0 Å². The maximum atomic E-state index is 12.8. The second kappa shape index (κ2) is 31.1. The van der Waals surface area contributed by atoms with Crippen molar-refractivity contribution in [3.05, 3.63) is 173 Å². The Morgan fingerprint density at radius 2 is 1.14 bits per heavy atom. The summed E-state index contributed by atoms with van der Waals surface area (Å²) in [4.78, 5) is 28.5. The Morgan fingerprint density at radius 3 is 1.46 bits per heavy atom. The normalized spacial score (nSPS) is 10.4. The molecule has 0 atom stereocenters. The molecule has 0 bridgehead atoms. The highest BCUT2D eigenvalue weighted by atomic mass is 19.1.